The lowest BCUT2D eigenvalue weighted by Gasteiger charge is -2.08. The summed E-state index contributed by atoms with van der Waals surface area (Å²) in [6, 6.07) is 19.7. The maximum atomic E-state index is 6.10. The normalized spacial score (nSPS) is 11.3. The molecule has 0 atom stereocenters. The standard InChI is InChI=1S/C23H18ClN5S/c1-15-6-11-20(25-12-15)21-13-28(14-22-26-18-4-2-3-5-19(18)27-22)23(30)29(21)17-9-7-16(24)8-10-17/h2-13H,14H2,1H3,(H,26,27). The van der Waals surface area contributed by atoms with E-state index in [-0.39, 0.29) is 0 Å². The average molecular weight is 432 g/mol. The number of para-hydroxylation sites is 2. The van der Waals surface area contributed by atoms with Crippen molar-refractivity contribution in [2.24, 2.45) is 0 Å². The molecule has 7 heteroatoms. The van der Waals surface area contributed by atoms with E-state index in [1.54, 1.807) is 0 Å². The largest absolute Gasteiger partial charge is 0.340 e. The minimum atomic E-state index is 0.535. The Balaban J connectivity index is 1.64. The van der Waals surface area contributed by atoms with Gasteiger partial charge in [0.05, 0.1) is 29.0 Å². The molecule has 3 heterocycles. The van der Waals surface area contributed by atoms with Gasteiger partial charge >= 0.3 is 0 Å². The minimum Gasteiger partial charge on any atom is -0.340 e. The second-order valence-electron chi connectivity index (χ2n) is 7.16. The van der Waals surface area contributed by atoms with E-state index in [0.29, 0.717) is 16.3 Å². The van der Waals surface area contributed by atoms with Gasteiger partial charge in [-0.1, -0.05) is 29.8 Å². The second kappa shape index (κ2) is 7.55. The number of H-pyrrole nitrogens is 1. The first kappa shape index (κ1) is 18.8. The van der Waals surface area contributed by atoms with Crippen LogP contribution in [-0.4, -0.2) is 24.1 Å². The van der Waals surface area contributed by atoms with E-state index in [4.69, 9.17) is 28.8 Å². The molecule has 0 aliphatic heterocycles. The highest BCUT2D eigenvalue weighted by molar-refractivity contribution is 7.71. The number of aromatic nitrogens is 5. The molecule has 0 fully saturated rings. The summed E-state index contributed by atoms with van der Waals surface area (Å²) in [5, 5.41) is 0.682. The Bertz CT molecular complexity index is 1360. The summed E-state index contributed by atoms with van der Waals surface area (Å²) in [6.45, 7) is 2.56. The molecular formula is C23H18ClN5S. The van der Waals surface area contributed by atoms with Crippen LogP contribution >= 0.6 is 23.8 Å². The molecule has 1 N–H and O–H groups in total. The molecular weight excluding hydrogens is 414 g/mol. The number of pyridine rings is 1. The molecule has 148 valence electrons. The number of fused-ring (bicyclic) bond motifs is 1. The molecule has 0 saturated heterocycles. The summed E-state index contributed by atoms with van der Waals surface area (Å²) < 4.78 is 4.69. The van der Waals surface area contributed by atoms with E-state index in [1.165, 1.54) is 0 Å². The minimum absolute atomic E-state index is 0.535. The Morgan fingerprint density at radius 2 is 1.83 bits per heavy atom. The van der Waals surface area contributed by atoms with Crippen LogP contribution in [0.4, 0.5) is 0 Å². The fourth-order valence-corrected chi connectivity index (χ4v) is 3.93. The fourth-order valence-electron chi connectivity index (χ4n) is 3.49. The second-order valence-corrected chi connectivity index (χ2v) is 7.96. The first-order chi connectivity index (χ1) is 14.6. The maximum Gasteiger partial charge on any atom is 0.185 e. The molecule has 0 saturated carbocycles. The predicted octanol–water partition coefficient (Wildman–Crippen LogP) is 5.96. The van der Waals surface area contributed by atoms with Crippen molar-refractivity contribution in [1.82, 2.24) is 24.1 Å². The monoisotopic (exact) mass is 431 g/mol. The van der Waals surface area contributed by atoms with Crippen LogP contribution in [0.5, 0.6) is 0 Å². The summed E-state index contributed by atoms with van der Waals surface area (Å²) in [7, 11) is 0. The topological polar surface area (TPSA) is 51.4 Å². The highest BCUT2D eigenvalue weighted by Crippen LogP contribution is 2.25. The Hall–Kier alpha value is -3.22. The summed E-state index contributed by atoms with van der Waals surface area (Å²) in [5.74, 6) is 0.851. The van der Waals surface area contributed by atoms with Gasteiger partial charge in [0, 0.05) is 23.1 Å². The number of nitrogens with one attached hydrogen (secondary N) is 1. The van der Waals surface area contributed by atoms with Gasteiger partial charge in [0.25, 0.3) is 0 Å². The SMILES string of the molecule is Cc1ccc(-c2cn(Cc3nc4ccccc4[nH]3)c(=S)n2-c2ccc(Cl)cc2)nc1. The van der Waals surface area contributed by atoms with E-state index < -0.39 is 0 Å². The van der Waals surface area contributed by atoms with Gasteiger partial charge < -0.3 is 9.55 Å². The molecule has 5 nitrogen and oxygen atoms in total. The van der Waals surface area contributed by atoms with Crippen LogP contribution in [0.3, 0.4) is 0 Å². The molecule has 5 aromatic rings. The number of benzene rings is 2. The van der Waals surface area contributed by atoms with Gasteiger partial charge in [0.15, 0.2) is 4.77 Å². The molecule has 3 aromatic heterocycles. The number of aryl methyl sites for hydroxylation is 1. The van der Waals surface area contributed by atoms with Crippen LogP contribution in [0.15, 0.2) is 73.1 Å². The zero-order valence-corrected chi connectivity index (χ0v) is 17.8. The van der Waals surface area contributed by atoms with Crippen molar-refractivity contribution in [2.45, 2.75) is 13.5 Å². The molecule has 0 unspecified atom stereocenters. The molecule has 0 spiro atoms. The van der Waals surface area contributed by atoms with Gasteiger partial charge in [0.1, 0.15) is 5.82 Å². The summed E-state index contributed by atoms with van der Waals surface area (Å²) in [6.07, 6.45) is 3.89. The summed E-state index contributed by atoms with van der Waals surface area (Å²) in [4.78, 5) is 12.7. The van der Waals surface area contributed by atoms with Crippen molar-refractivity contribution in [1.29, 1.82) is 0 Å². The van der Waals surface area contributed by atoms with Gasteiger partial charge in [-0.3, -0.25) is 9.55 Å². The smallest absolute Gasteiger partial charge is 0.185 e. The van der Waals surface area contributed by atoms with Crippen molar-refractivity contribution in [3.05, 3.63) is 94.2 Å². The van der Waals surface area contributed by atoms with E-state index in [0.717, 1.165) is 39.5 Å². The third kappa shape index (κ3) is 3.44. The lowest BCUT2D eigenvalue weighted by molar-refractivity contribution is 0.736. The Labute approximate surface area is 183 Å². The quantitative estimate of drug-likeness (QED) is 0.357. The molecule has 0 aliphatic rings. The molecule has 30 heavy (non-hydrogen) atoms. The maximum absolute atomic E-state index is 6.10. The van der Waals surface area contributed by atoms with Gasteiger partial charge in [-0.25, -0.2) is 4.98 Å². The molecule has 2 aromatic carbocycles. The highest BCUT2D eigenvalue weighted by atomic mass is 35.5. The first-order valence-corrected chi connectivity index (χ1v) is 10.3. The average Bonchev–Trinajstić information content (AvgIpc) is 3.30. The van der Waals surface area contributed by atoms with Crippen LogP contribution in [0, 0.1) is 11.7 Å². The Morgan fingerprint density at radius 1 is 1.03 bits per heavy atom. The van der Waals surface area contributed by atoms with Crippen LogP contribution in [-0.2, 0) is 6.54 Å². The molecule has 5 rings (SSSR count). The number of hydrogen-bond donors (Lipinski definition) is 1. The third-order valence-corrected chi connectivity index (χ3v) is 5.64. The molecule has 0 radical (unpaired) electrons. The van der Waals surface area contributed by atoms with Crippen LogP contribution in [0.1, 0.15) is 11.4 Å². The third-order valence-electron chi connectivity index (χ3n) is 4.97. The van der Waals surface area contributed by atoms with Gasteiger partial charge in [-0.2, -0.15) is 0 Å². The van der Waals surface area contributed by atoms with E-state index in [2.05, 4.69) is 9.97 Å². The summed E-state index contributed by atoms with van der Waals surface area (Å²) in [5.41, 5.74) is 5.76. The van der Waals surface area contributed by atoms with Crippen LogP contribution in [0.2, 0.25) is 5.02 Å². The fraction of sp³-hybridized carbons (Fsp3) is 0.0870. The lowest BCUT2D eigenvalue weighted by Crippen LogP contribution is -2.03. The first-order valence-electron chi connectivity index (χ1n) is 9.53. The van der Waals surface area contributed by atoms with E-state index in [9.17, 15) is 0 Å². The Kier molecular flexibility index (Phi) is 4.73. The summed E-state index contributed by atoms with van der Waals surface area (Å²) >= 11 is 12.0. The zero-order valence-electron chi connectivity index (χ0n) is 16.2. The number of nitrogens with zero attached hydrogens (tertiary/aromatic N) is 4. The van der Waals surface area contributed by atoms with Gasteiger partial charge in [-0.05, 0) is 67.2 Å². The molecule has 0 amide bonds. The van der Waals surface area contributed by atoms with E-state index in [1.807, 2.05) is 89.1 Å². The number of aromatic amines is 1. The van der Waals surface area contributed by atoms with E-state index >= 15 is 0 Å². The van der Waals surface area contributed by atoms with Crippen molar-refractivity contribution in [2.75, 3.05) is 0 Å². The highest BCUT2D eigenvalue weighted by Gasteiger charge is 2.15. The van der Waals surface area contributed by atoms with Crippen LogP contribution in [0.25, 0.3) is 28.1 Å². The number of halogens is 1. The van der Waals surface area contributed by atoms with Gasteiger partial charge in [0.2, 0.25) is 0 Å². The number of imidazole rings is 2. The Morgan fingerprint density at radius 3 is 2.57 bits per heavy atom. The number of rotatable bonds is 4. The predicted molar refractivity (Wildman–Crippen MR) is 123 cm³/mol. The van der Waals surface area contributed by atoms with Crippen molar-refractivity contribution >= 4 is 34.9 Å². The van der Waals surface area contributed by atoms with Gasteiger partial charge in [-0.15, -0.1) is 0 Å². The zero-order chi connectivity index (χ0) is 20.7. The lowest BCUT2D eigenvalue weighted by atomic mass is 10.2. The van der Waals surface area contributed by atoms with Crippen molar-refractivity contribution in [3.63, 3.8) is 0 Å². The molecule has 0 aliphatic carbocycles. The van der Waals surface area contributed by atoms with Crippen LogP contribution < -0.4 is 0 Å². The number of hydrogen-bond acceptors (Lipinski definition) is 3. The molecule has 0 bridgehead atoms. The van der Waals surface area contributed by atoms with Crippen molar-refractivity contribution in [3.8, 4) is 17.1 Å². The van der Waals surface area contributed by atoms with Crippen molar-refractivity contribution < 1.29 is 0 Å².